The summed E-state index contributed by atoms with van der Waals surface area (Å²) in [5, 5.41) is 3.30. The SMILES string of the molecule is COC(=O)C(C)(CN(C)C1CC1)NC(C)C. The van der Waals surface area contributed by atoms with Crippen LogP contribution in [0.2, 0.25) is 0 Å². The summed E-state index contributed by atoms with van der Waals surface area (Å²) in [7, 11) is 3.51. The van der Waals surface area contributed by atoms with Gasteiger partial charge in [0, 0.05) is 18.6 Å². The highest BCUT2D eigenvalue weighted by molar-refractivity contribution is 5.80. The number of hydrogen-bond donors (Lipinski definition) is 1. The average Bonchev–Trinajstić information content (AvgIpc) is 2.97. The standard InChI is InChI=1S/C12H24N2O2/c1-9(2)13-12(3,11(15)16-5)8-14(4)10-6-7-10/h9-10,13H,6-8H2,1-5H3. The van der Waals surface area contributed by atoms with Gasteiger partial charge >= 0.3 is 5.97 Å². The van der Waals surface area contributed by atoms with Crippen molar-refractivity contribution in [1.82, 2.24) is 10.2 Å². The Morgan fingerprint density at radius 1 is 1.56 bits per heavy atom. The quantitative estimate of drug-likeness (QED) is 0.689. The molecule has 0 radical (unpaired) electrons. The van der Waals surface area contributed by atoms with Gasteiger partial charge in [-0.2, -0.15) is 0 Å². The van der Waals surface area contributed by atoms with E-state index in [1.165, 1.54) is 20.0 Å². The molecule has 94 valence electrons. The third kappa shape index (κ3) is 3.46. The number of methoxy groups -OCH3 is 1. The van der Waals surface area contributed by atoms with E-state index >= 15 is 0 Å². The monoisotopic (exact) mass is 228 g/mol. The predicted octanol–water partition coefficient (Wildman–Crippen LogP) is 1.01. The number of carbonyl (C=O) groups is 1. The molecule has 4 heteroatoms. The molecule has 0 aromatic heterocycles. The minimum atomic E-state index is -0.611. The highest BCUT2D eigenvalue weighted by Crippen LogP contribution is 2.27. The number of likely N-dealkylation sites (N-methyl/N-ethyl adjacent to an activating group) is 1. The predicted molar refractivity (Wildman–Crippen MR) is 64.3 cm³/mol. The summed E-state index contributed by atoms with van der Waals surface area (Å²) >= 11 is 0. The molecule has 0 amide bonds. The Balaban J connectivity index is 2.64. The van der Waals surface area contributed by atoms with E-state index in [4.69, 9.17) is 4.74 Å². The Morgan fingerprint density at radius 3 is 2.50 bits per heavy atom. The van der Waals surface area contributed by atoms with Crippen molar-refractivity contribution >= 4 is 5.97 Å². The normalized spacial score (nSPS) is 19.9. The Labute approximate surface area is 98.3 Å². The molecule has 1 fully saturated rings. The fraction of sp³-hybridized carbons (Fsp3) is 0.917. The van der Waals surface area contributed by atoms with Crippen LogP contribution in [0.4, 0.5) is 0 Å². The summed E-state index contributed by atoms with van der Waals surface area (Å²) < 4.78 is 4.89. The minimum Gasteiger partial charge on any atom is -0.468 e. The molecule has 0 saturated heterocycles. The number of carbonyl (C=O) groups excluding carboxylic acids is 1. The zero-order valence-corrected chi connectivity index (χ0v) is 11.0. The van der Waals surface area contributed by atoms with Crippen molar-refractivity contribution in [3.8, 4) is 0 Å². The number of ether oxygens (including phenoxy) is 1. The van der Waals surface area contributed by atoms with Crippen LogP contribution in [0.15, 0.2) is 0 Å². The molecule has 1 atom stereocenters. The molecule has 0 bridgehead atoms. The zero-order valence-electron chi connectivity index (χ0n) is 11.0. The van der Waals surface area contributed by atoms with Crippen LogP contribution in [0.25, 0.3) is 0 Å². The molecule has 1 aliphatic rings. The first-order valence-corrected chi connectivity index (χ1v) is 5.95. The summed E-state index contributed by atoms with van der Waals surface area (Å²) in [5.74, 6) is -0.186. The highest BCUT2D eigenvalue weighted by Gasteiger charge is 2.39. The van der Waals surface area contributed by atoms with Crippen molar-refractivity contribution in [2.24, 2.45) is 0 Å². The van der Waals surface area contributed by atoms with Gasteiger partial charge in [0.25, 0.3) is 0 Å². The number of nitrogens with one attached hydrogen (secondary N) is 1. The maximum atomic E-state index is 11.8. The molecule has 0 heterocycles. The van der Waals surface area contributed by atoms with Crippen LogP contribution in [-0.4, -0.2) is 49.2 Å². The molecule has 1 N–H and O–H groups in total. The lowest BCUT2D eigenvalue weighted by Gasteiger charge is -2.34. The molecule has 4 nitrogen and oxygen atoms in total. The van der Waals surface area contributed by atoms with Crippen LogP contribution in [-0.2, 0) is 9.53 Å². The molecule has 1 aliphatic carbocycles. The Hall–Kier alpha value is -0.610. The smallest absolute Gasteiger partial charge is 0.327 e. The number of nitrogens with zero attached hydrogens (tertiary/aromatic N) is 1. The van der Waals surface area contributed by atoms with Gasteiger partial charge in [-0.25, -0.2) is 0 Å². The van der Waals surface area contributed by atoms with Gasteiger partial charge in [-0.05, 0) is 40.7 Å². The van der Waals surface area contributed by atoms with Crippen LogP contribution in [0.5, 0.6) is 0 Å². The van der Waals surface area contributed by atoms with E-state index in [2.05, 4.69) is 17.3 Å². The van der Waals surface area contributed by atoms with Crippen molar-refractivity contribution < 1.29 is 9.53 Å². The van der Waals surface area contributed by atoms with Gasteiger partial charge in [0.2, 0.25) is 0 Å². The largest absolute Gasteiger partial charge is 0.468 e. The first-order chi connectivity index (χ1) is 7.39. The summed E-state index contributed by atoms with van der Waals surface area (Å²) in [5.41, 5.74) is -0.611. The molecule has 1 unspecified atom stereocenters. The van der Waals surface area contributed by atoms with Crippen molar-refractivity contribution in [3.63, 3.8) is 0 Å². The van der Waals surface area contributed by atoms with E-state index in [9.17, 15) is 4.79 Å². The number of rotatable bonds is 6. The van der Waals surface area contributed by atoms with Gasteiger partial charge in [-0.1, -0.05) is 0 Å². The number of hydrogen-bond acceptors (Lipinski definition) is 4. The van der Waals surface area contributed by atoms with Crippen molar-refractivity contribution in [2.75, 3.05) is 20.7 Å². The third-order valence-electron chi connectivity index (χ3n) is 2.98. The third-order valence-corrected chi connectivity index (χ3v) is 2.98. The lowest BCUT2D eigenvalue weighted by atomic mass is 10.0. The molecule has 1 rings (SSSR count). The molecule has 16 heavy (non-hydrogen) atoms. The van der Waals surface area contributed by atoms with Gasteiger partial charge < -0.3 is 9.64 Å². The second-order valence-corrected chi connectivity index (χ2v) is 5.27. The lowest BCUT2D eigenvalue weighted by molar-refractivity contribution is -0.149. The minimum absolute atomic E-state index is 0.186. The van der Waals surface area contributed by atoms with Crippen LogP contribution in [0.3, 0.4) is 0 Å². The Bertz CT molecular complexity index is 251. The topological polar surface area (TPSA) is 41.6 Å². The van der Waals surface area contributed by atoms with Gasteiger partial charge in [-0.15, -0.1) is 0 Å². The van der Waals surface area contributed by atoms with E-state index in [1.54, 1.807) is 0 Å². The molecule has 0 spiro atoms. The molecule has 0 aromatic rings. The van der Waals surface area contributed by atoms with Gasteiger partial charge in [0.05, 0.1) is 7.11 Å². The van der Waals surface area contributed by atoms with E-state index < -0.39 is 5.54 Å². The fourth-order valence-electron chi connectivity index (χ4n) is 2.17. The number of esters is 1. The second-order valence-electron chi connectivity index (χ2n) is 5.27. The van der Waals surface area contributed by atoms with Crippen molar-refractivity contribution in [2.45, 2.75) is 51.2 Å². The second kappa shape index (κ2) is 5.15. The fourth-order valence-corrected chi connectivity index (χ4v) is 2.17. The highest BCUT2D eigenvalue weighted by atomic mass is 16.5. The van der Waals surface area contributed by atoms with E-state index in [-0.39, 0.29) is 12.0 Å². The zero-order chi connectivity index (χ0) is 12.3. The first-order valence-electron chi connectivity index (χ1n) is 5.95. The first kappa shape index (κ1) is 13.5. The van der Waals surface area contributed by atoms with Crippen LogP contribution in [0.1, 0.15) is 33.6 Å². The molecular weight excluding hydrogens is 204 g/mol. The Morgan fingerprint density at radius 2 is 2.12 bits per heavy atom. The maximum absolute atomic E-state index is 11.8. The molecular formula is C12H24N2O2. The maximum Gasteiger partial charge on any atom is 0.327 e. The average molecular weight is 228 g/mol. The Kier molecular flexibility index (Phi) is 4.33. The van der Waals surface area contributed by atoms with Gasteiger partial charge in [0.1, 0.15) is 5.54 Å². The molecule has 0 aromatic carbocycles. The van der Waals surface area contributed by atoms with E-state index in [0.717, 1.165) is 0 Å². The lowest BCUT2D eigenvalue weighted by Crippen LogP contribution is -2.59. The van der Waals surface area contributed by atoms with Gasteiger partial charge in [0.15, 0.2) is 0 Å². The summed E-state index contributed by atoms with van der Waals surface area (Å²) in [4.78, 5) is 14.1. The van der Waals surface area contributed by atoms with E-state index in [0.29, 0.717) is 12.6 Å². The molecule has 0 aliphatic heterocycles. The van der Waals surface area contributed by atoms with Gasteiger partial charge in [-0.3, -0.25) is 10.1 Å². The van der Waals surface area contributed by atoms with Crippen LogP contribution < -0.4 is 5.32 Å². The summed E-state index contributed by atoms with van der Waals surface area (Å²) in [6, 6.07) is 0.912. The summed E-state index contributed by atoms with van der Waals surface area (Å²) in [6.45, 7) is 6.69. The van der Waals surface area contributed by atoms with E-state index in [1.807, 2.05) is 20.8 Å². The van der Waals surface area contributed by atoms with Crippen LogP contribution >= 0.6 is 0 Å². The summed E-state index contributed by atoms with van der Waals surface area (Å²) in [6.07, 6.45) is 2.49. The van der Waals surface area contributed by atoms with Crippen LogP contribution in [0, 0.1) is 0 Å². The molecule has 1 saturated carbocycles. The van der Waals surface area contributed by atoms with Crippen molar-refractivity contribution in [1.29, 1.82) is 0 Å². The van der Waals surface area contributed by atoms with Crippen molar-refractivity contribution in [3.05, 3.63) is 0 Å².